The summed E-state index contributed by atoms with van der Waals surface area (Å²) in [4.78, 5) is 55.6. The number of ether oxygens (including phenoxy) is 3. The number of ketones is 1. The van der Waals surface area contributed by atoms with Crippen molar-refractivity contribution in [1.82, 2.24) is 0 Å². The van der Waals surface area contributed by atoms with E-state index in [-0.39, 0.29) is 42.9 Å². The zero-order valence-corrected chi connectivity index (χ0v) is 35.0. The highest BCUT2D eigenvalue weighted by Crippen LogP contribution is 2.42. The number of aliphatic imine (C=N–C) groups is 2. The predicted octanol–water partition coefficient (Wildman–Crippen LogP) is 9.32. The van der Waals surface area contributed by atoms with Gasteiger partial charge in [0, 0.05) is 80.9 Å². The van der Waals surface area contributed by atoms with Gasteiger partial charge in [-0.1, -0.05) is 43.3 Å². The van der Waals surface area contributed by atoms with E-state index in [2.05, 4.69) is 35.2 Å². The van der Waals surface area contributed by atoms with Crippen LogP contribution in [0.3, 0.4) is 0 Å². The van der Waals surface area contributed by atoms with Crippen molar-refractivity contribution >= 4 is 58.5 Å². The number of anilines is 3. The highest BCUT2D eigenvalue weighted by molar-refractivity contribution is 6.15. The maximum absolute atomic E-state index is 14.0. The Morgan fingerprint density at radius 3 is 1.87 bits per heavy atom. The molecule has 0 fully saturated rings. The first kappa shape index (κ1) is 39.7. The Kier molecular flexibility index (Phi) is 10.9. The van der Waals surface area contributed by atoms with E-state index >= 15 is 0 Å². The highest BCUT2D eigenvalue weighted by Gasteiger charge is 2.38. The lowest BCUT2D eigenvalue weighted by Gasteiger charge is -2.23. The van der Waals surface area contributed by atoms with Crippen molar-refractivity contribution in [3.8, 4) is 17.2 Å². The molecule has 11 heteroatoms. The van der Waals surface area contributed by atoms with Crippen molar-refractivity contribution in [3.05, 3.63) is 130 Å². The molecular weight excluding hydrogens is 767 g/mol. The molecule has 0 aromatic heterocycles. The molecule has 0 N–H and O–H groups in total. The van der Waals surface area contributed by atoms with E-state index in [1.165, 1.54) is 0 Å². The molecule has 2 amide bonds. The molecule has 0 radical (unpaired) electrons. The van der Waals surface area contributed by atoms with E-state index in [1.54, 1.807) is 19.2 Å². The highest BCUT2D eigenvalue weighted by atomic mass is 16.5. The first-order chi connectivity index (χ1) is 29.7. The molecule has 0 spiro atoms. The second-order valence-corrected chi connectivity index (χ2v) is 16.3. The van der Waals surface area contributed by atoms with Gasteiger partial charge in [0.15, 0.2) is 11.5 Å². The fraction of sp³-hybridized carbons (Fsp3) is 0.300. The Morgan fingerprint density at radius 2 is 1.28 bits per heavy atom. The molecule has 5 aromatic rings. The molecular formula is C50H49N5O6. The number of nitrogens with zero attached hydrogens (tertiary/aromatic N) is 5. The van der Waals surface area contributed by atoms with E-state index in [1.807, 2.05) is 91.7 Å². The molecule has 0 unspecified atom stereocenters. The number of amides is 2. The van der Waals surface area contributed by atoms with E-state index < -0.39 is 0 Å². The number of benzene rings is 5. The number of rotatable bonds is 14. The molecule has 310 valence electrons. The normalized spacial score (nSPS) is 16.8. The van der Waals surface area contributed by atoms with Crippen molar-refractivity contribution < 1.29 is 28.6 Å². The standard InChI is InChI=1S/C50H49N5O6/c1-5-11-39(56)14-10-17-53(3)36-20-32(29-60-46-25-42-40(18-31(46)2)49(57)54-37(27-51-42)22-34-12-6-8-15-44(34)54)19-33(21-36)30-61-48-26-43-41(24-47(48)59-4)50(58)55-38(28-52-43)23-35-13-7-9-16-45(35)55/h6-9,12-13,15-16,18-21,24-28,37-38H,5,10-11,14,17,22-23,29-30H2,1-4H3/t37-,38-/m0/s1. The minimum absolute atomic E-state index is 0.0653. The Balaban J connectivity index is 0.960. The van der Waals surface area contributed by atoms with Crippen molar-refractivity contribution in [2.75, 3.05) is 35.4 Å². The molecule has 0 aliphatic carbocycles. The second-order valence-electron chi connectivity index (χ2n) is 16.3. The average molecular weight is 816 g/mol. The van der Waals surface area contributed by atoms with Gasteiger partial charge >= 0.3 is 0 Å². The number of Topliss-reactive ketones (excluding diaryl/α,β-unsaturated/α-hetero) is 1. The fourth-order valence-corrected chi connectivity index (χ4v) is 8.89. The Morgan fingerprint density at radius 1 is 0.721 bits per heavy atom. The first-order valence-corrected chi connectivity index (χ1v) is 21.1. The molecule has 11 nitrogen and oxygen atoms in total. The summed E-state index contributed by atoms with van der Waals surface area (Å²) >= 11 is 0. The minimum atomic E-state index is -0.168. The minimum Gasteiger partial charge on any atom is -0.493 e. The molecule has 4 aliphatic heterocycles. The van der Waals surface area contributed by atoms with E-state index in [4.69, 9.17) is 24.2 Å². The van der Waals surface area contributed by atoms with E-state index in [0.717, 1.165) is 64.1 Å². The van der Waals surface area contributed by atoms with Gasteiger partial charge in [0.25, 0.3) is 11.8 Å². The number of fused-ring (bicyclic) bond motifs is 8. The molecule has 5 aromatic carbocycles. The maximum atomic E-state index is 14.0. The van der Waals surface area contributed by atoms with Gasteiger partial charge in [-0.25, -0.2) is 0 Å². The average Bonchev–Trinajstić information content (AvgIpc) is 3.76. The van der Waals surface area contributed by atoms with Crippen LogP contribution in [0.15, 0.2) is 101 Å². The lowest BCUT2D eigenvalue weighted by Crippen LogP contribution is -2.37. The quantitative estimate of drug-likeness (QED) is 0.110. The van der Waals surface area contributed by atoms with Crippen molar-refractivity contribution in [2.45, 2.75) is 77.7 Å². The number of aryl methyl sites for hydroxylation is 1. The van der Waals surface area contributed by atoms with Gasteiger partial charge < -0.3 is 19.1 Å². The third kappa shape index (κ3) is 7.76. The SMILES string of the molecule is CCCC(=O)CCCN(C)c1cc(COc2cc3c(cc2C)C(=O)N2c4ccccc4C[C@H]2C=N3)cc(COc2cc3c(cc2OC)C(=O)N2c4ccccc4C[C@H]2C=N3)c1. The number of hydrogen-bond acceptors (Lipinski definition) is 9. The topological polar surface area (TPSA) is 113 Å². The summed E-state index contributed by atoms with van der Waals surface area (Å²) in [5, 5.41) is 0. The van der Waals surface area contributed by atoms with Gasteiger partial charge in [-0.15, -0.1) is 0 Å². The predicted molar refractivity (Wildman–Crippen MR) is 239 cm³/mol. The van der Waals surface area contributed by atoms with Gasteiger partial charge in [-0.2, -0.15) is 0 Å². The molecule has 4 heterocycles. The van der Waals surface area contributed by atoms with Crippen LogP contribution in [0.5, 0.6) is 17.2 Å². The van der Waals surface area contributed by atoms with Crippen LogP contribution in [0, 0.1) is 6.92 Å². The van der Waals surface area contributed by atoms with Crippen LogP contribution >= 0.6 is 0 Å². The van der Waals surface area contributed by atoms with Gasteiger partial charge in [0.2, 0.25) is 0 Å². The van der Waals surface area contributed by atoms with Crippen molar-refractivity contribution in [3.63, 3.8) is 0 Å². The van der Waals surface area contributed by atoms with Crippen LogP contribution < -0.4 is 28.9 Å². The van der Waals surface area contributed by atoms with Crippen LogP contribution in [-0.4, -0.2) is 62.8 Å². The molecule has 9 rings (SSSR count). The van der Waals surface area contributed by atoms with Crippen molar-refractivity contribution in [1.29, 1.82) is 0 Å². The smallest absolute Gasteiger partial charge is 0.261 e. The lowest BCUT2D eigenvalue weighted by molar-refractivity contribution is -0.119. The van der Waals surface area contributed by atoms with Crippen molar-refractivity contribution in [2.24, 2.45) is 9.98 Å². The summed E-state index contributed by atoms with van der Waals surface area (Å²) in [6.45, 7) is 5.13. The summed E-state index contributed by atoms with van der Waals surface area (Å²) in [7, 11) is 3.59. The zero-order chi connectivity index (χ0) is 42.2. The number of methoxy groups -OCH3 is 1. The van der Waals surface area contributed by atoms with Crippen LogP contribution in [0.2, 0.25) is 0 Å². The van der Waals surface area contributed by atoms with Gasteiger partial charge in [0.1, 0.15) is 24.7 Å². The molecule has 61 heavy (non-hydrogen) atoms. The van der Waals surface area contributed by atoms with Crippen LogP contribution in [0.25, 0.3) is 0 Å². The van der Waals surface area contributed by atoms with Crippen LogP contribution in [0.1, 0.15) is 81.1 Å². The molecule has 0 saturated heterocycles. The van der Waals surface area contributed by atoms with Crippen LogP contribution in [0.4, 0.5) is 28.4 Å². The summed E-state index contributed by atoms with van der Waals surface area (Å²) in [6, 6.07) is 29.2. The number of carbonyl (C=O) groups excluding carboxylic acids is 3. The third-order valence-corrected chi connectivity index (χ3v) is 12.0. The molecule has 4 aliphatic rings. The molecule has 2 atom stereocenters. The molecule has 0 saturated carbocycles. The molecule has 0 bridgehead atoms. The number of para-hydroxylation sites is 2. The van der Waals surface area contributed by atoms with Gasteiger partial charge in [0.05, 0.1) is 41.7 Å². The Hall–Kier alpha value is -6.75. The van der Waals surface area contributed by atoms with Gasteiger partial charge in [-0.3, -0.25) is 34.2 Å². The largest absolute Gasteiger partial charge is 0.493 e. The van der Waals surface area contributed by atoms with Gasteiger partial charge in [-0.05, 0) is 90.0 Å². The zero-order valence-electron chi connectivity index (χ0n) is 35.0. The Bertz CT molecular complexity index is 2620. The lowest BCUT2D eigenvalue weighted by atomic mass is 10.1. The fourth-order valence-electron chi connectivity index (χ4n) is 8.89. The Labute approximate surface area is 356 Å². The van der Waals surface area contributed by atoms with E-state index in [9.17, 15) is 14.4 Å². The summed E-state index contributed by atoms with van der Waals surface area (Å²) in [6.07, 6.45) is 7.90. The first-order valence-electron chi connectivity index (χ1n) is 21.1. The monoisotopic (exact) mass is 815 g/mol. The van der Waals surface area contributed by atoms with Crippen LogP contribution in [-0.2, 0) is 30.8 Å². The third-order valence-electron chi connectivity index (χ3n) is 12.0. The maximum Gasteiger partial charge on any atom is 0.261 e. The summed E-state index contributed by atoms with van der Waals surface area (Å²) < 4.78 is 18.8. The summed E-state index contributed by atoms with van der Waals surface area (Å²) in [5.74, 6) is 1.64. The summed E-state index contributed by atoms with van der Waals surface area (Å²) in [5.41, 5.74) is 9.83. The van der Waals surface area contributed by atoms with E-state index in [0.29, 0.717) is 65.6 Å². The number of hydrogen-bond donors (Lipinski definition) is 0. The number of carbonyl (C=O) groups is 3. The second kappa shape index (κ2) is 16.7.